The van der Waals surface area contributed by atoms with Crippen LogP contribution in [0.4, 0.5) is 11.5 Å². The summed E-state index contributed by atoms with van der Waals surface area (Å²) in [6.45, 7) is 5.59. The van der Waals surface area contributed by atoms with Gasteiger partial charge in [0, 0.05) is 20.6 Å². The van der Waals surface area contributed by atoms with Crippen molar-refractivity contribution in [3.63, 3.8) is 0 Å². The Bertz CT molecular complexity index is 434. The molecular formula is C16H25N3. The second-order valence-corrected chi connectivity index (χ2v) is 5.98. The Morgan fingerprint density at radius 3 is 2.74 bits per heavy atom. The predicted molar refractivity (Wildman–Crippen MR) is 82.7 cm³/mol. The van der Waals surface area contributed by atoms with Gasteiger partial charge in [-0.05, 0) is 43.7 Å². The summed E-state index contributed by atoms with van der Waals surface area (Å²) in [6.07, 6.45) is 6.84. The van der Waals surface area contributed by atoms with Gasteiger partial charge in [-0.15, -0.1) is 0 Å². The van der Waals surface area contributed by atoms with Crippen molar-refractivity contribution < 1.29 is 0 Å². The molecule has 0 radical (unpaired) electrons. The van der Waals surface area contributed by atoms with Crippen LogP contribution in [0.2, 0.25) is 0 Å². The standard InChI is InChI=1S/C16H25N3/c1-12-7-13(2)9-14(8-12)10-17-15-5-6-16(18-11-15)19(3)4/h5-7,11-12,14,17H,8-10H2,1-4H3. The molecule has 19 heavy (non-hydrogen) atoms. The van der Waals surface area contributed by atoms with Gasteiger partial charge in [0.1, 0.15) is 5.82 Å². The number of hydrogen-bond donors (Lipinski definition) is 1. The molecule has 1 aliphatic carbocycles. The smallest absolute Gasteiger partial charge is 0.128 e. The van der Waals surface area contributed by atoms with E-state index in [1.54, 1.807) is 0 Å². The first-order valence-corrected chi connectivity index (χ1v) is 7.09. The lowest BCUT2D eigenvalue weighted by atomic mass is 9.84. The van der Waals surface area contributed by atoms with Gasteiger partial charge < -0.3 is 10.2 Å². The van der Waals surface area contributed by atoms with E-state index in [0.29, 0.717) is 0 Å². The number of anilines is 2. The van der Waals surface area contributed by atoms with Crippen molar-refractivity contribution in [2.24, 2.45) is 11.8 Å². The number of nitrogens with zero attached hydrogens (tertiary/aromatic N) is 2. The van der Waals surface area contributed by atoms with Crippen molar-refractivity contribution >= 4 is 11.5 Å². The topological polar surface area (TPSA) is 28.2 Å². The summed E-state index contributed by atoms with van der Waals surface area (Å²) < 4.78 is 0. The second-order valence-electron chi connectivity index (χ2n) is 5.98. The third-order valence-electron chi connectivity index (χ3n) is 3.69. The Balaban J connectivity index is 1.87. The fourth-order valence-corrected chi connectivity index (χ4v) is 2.86. The fraction of sp³-hybridized carbons (Fsp3) is 0.562. The normalized spacial score (nSPS) is 22.8. The minimum Gasteiger partial charge on any atom is -0.384 e. The van der Waals surface area contributed by atoms with Gasteiger partial charge in [0.05, 0.1) is 11.9 Å². The van der Waals surface area contributed by atoms with Crippen molar-refractivity contribution in [3.05, 3.63) is 30.0 Å². The van der Waals surface area contributed by atoms with Crippen molar-refractivity contribution in [2.45, 2.75) is 26.7 Å². The first-order valence-electron chi connectivity index (χ1n) is 7.09. The quantitative estimate of drug-likeness (QED) is 0.838. The van der Waals surface area contributed by atoms with Crippen LogP contribution in [-0.4, -0.2) is 25.6 Å². The Morgan fingerprint density at radius 1 is 1.37 bits per heavy atom. The number of rotatable bonds is 4. The van der Waals surface area contributed by atoms with Crippen LogP contribution in [0.5, 0.6) is 0 Å². The van der Waals surface area contributed by atoms with Crippen molar-refractivity contribution in [3.8, 4) is 0 Å². The van der Waals surface area contributed by atoms with Crippen LogP contribution in [0.15, 0.2) is 30.0 Å². The van der Waals surface area contributed by atoms with Gasteiger partial charge in [-0.3, -0.25) is 0 Å². The Kier molecular flexibility index (Phi) is 4.46. The molecule has 0 fully saturated rings. The molecule has 2 rings (SSSR count). The van der Waals surface area contributed by atoms with E-state index < -0.39 is 0 Å². The van der Waals surface area contributed by atoms with Gasteiger partial charge in [0.2, 0.25) is 0 Å². The lowest BCUT2D eigenvalue weighted by Crippen LogP contribution is -2.20. The monoisotopic (exact) mass is 259 g/mol. The van der Waals surface area contributed by atoms with Gasteiger partial charge in [0.15, 0.2) is 0 Å². The van der Waals surface area contributed by atoms with Gasteiger partial charge in [0.25, 0.3) is 0 Å². The molecule has 3 nitrogen and oxygen atoms in total. The zero-order valence-electron chi connectivity index (χ0n) is 12.5. The summed E-state index contributed by atoms with van der Waals surface area (Å²) in [6, 6.07) is 4.16. The van der Waals surface area contributed by atoms with Crippen LogP contribution < -0.4 is 10.2 Å². The fourth-order valence-electron chi connectivity index (χ4n) is 2.86. The Hall–Kier alpha value is -1.51. The average molecular weight is 259 g/mol. The lowest BCUT2D eigenvalue weighted by Gasteiger charge is -2.26. The molecule has 0 bridgehead atoms. The van der Waals surface area contributed by atoms with Crippen LogP contribution in [0, 0.1) is 11.8 Å². The van der Waals surface area contributed by atoms with E-state index in [-0.39, 0.29) is 0 Å². The number of hydrogen-bond acceptors (Lipinski definition) is 3. The molecule has 0 saturated carbocycles. The molecule has 0 saturated heterocycles. The molecule has 0 aliphatic heterocycles. The zero-order chi connectivity index (χ0) is 13.8. The summed E-state index contributed by atoms with van der Waals surface area (Å²) in [4.78, 5) is 6.44. The Morgan fingerprint density at radius 2 is 2.16 bits per heavy atom. The number of allylic oxidation sites excluding steroid dienone is 2. The van der Waals surface area contributed by atoms with E-state index in [0.717, 1.165) is 29.9 Å². The van der Waals surface area contributed by atoms with E-state index >= 15 is 0 Å². The van der Waals surface area contributed by atoms with E-state index in [1.807, 2.05) is 25.2 Å². The molecule has 1 heterocycles. The SMILES string of the molecule is CC1=CC(C)CC(CNc2ccc(N(C)C)nc2)C1. The van der Waals surface area contributed by atoms with Crippen LogP contribution in [-0.2, 0) is 0 Å². The maximum Gasteiger partial charge on any atom is 0.128 e. The molecular weight excluding hydrogens is 234 g/mol. The molecule has 1 aliphatic rings. The molecule has 1 aromatic rings. The third-order valence-corrected chi connectivity index (χ3v) is 3.69. The first kappa shape index (κ1) is 13.9. The van der Waals surface area contributed by atoms with E-state index in [9.17, 15) is 0 Å². The van der Waals surface area contributed by atoms with Crippen molar-refractivity contribution in [1.82, 2.24) is 4.98 Å². The maximum absolute atomic E-state index is 4.42. The van der Waals surface area contributed by atoms with Gasteiger partial charge in [-0.1, -0.05) is 18.6 Å². The highest BCUT2D eigenvalue weighted by atomic mass is 15.1. The van der Waals surface area contributed by atoms with Crippen LogP contribution in [0.1, 0.15) is 26.7 Å². The van der Waals surface area contributed by atoms with Gasteiger partial charge in [-0.25, -0.2) is 4.98 Å². The van der Waals surface area contributed by atoms with Gasteiger partial charge >= 0.3 is 0 Å². The highest BCUT2D eigenvalue weighted by Crippen LogP contribution is 2.28. The molecule has 1 aromatic heterocycles. The largest absolute Gasteiger partial charge is 0.384 e. The van der Waals surface area contributed by atoms with Crippen LogP contribution in [0.25, 0.3) is 0 Å². The lowest BCUT2D eigenvalue weighted by molar-refractivity contribution is 0.421. The van der Waals surface area contributed by atoms with E-state index in [1.165, 1.54) is 18.4 Å². The van der Waals surface area contributed by atoms with Crippen LogP contribution in [0.3, 0.4) is 0 Å². The average Bonchev–Trinajstić information content (AvgIpc) is 2.36. The first-order chi connectivity index (χ1) is 9.04. The molecule has 0 aromatic carbocycles. The zero-order valence-corrected chi connectivity index (χ0v) is 12.5. The molecule has 0 spiro atoms. The van der Waals surface area contributed by atoms with Gasteiger partial charge in [-0.2, -0.15) is 0 Å². The summed E-state index contributed by atoms with van der Waals surface area (Å²) >= 11 is 0. The number of aromatic nitrogens is 1. The van der Waals surface area contributed by atoms with Crippen LogP contribution >= 0.6 is 0 Å². The molecule has 2 atom stereocenters. The highest BCUT2D eigenvalue weighted by molar-refractivity contribution is 5.47. The number of pyridine rings is 1. The Labute approximate surface area is 116 Å². The van der Waals surface area contributed by atoms with Crippen molar-refractivity contribution in [1.29, 1.82) is 0 Å². The minimum atomic E-state index is 0.717. The third kappa shape index (κ3) is 3.98. The van der Waals surface area contributed by atoms with E-state index in [4.69, 9.17) is 0 Å². The second kappa shape index (κ2) is 6.09. The highest BCUT2D eigenvalue weighted by Gasteiger charge is 2.17. The maximum atomic E-state index is 4.42. The minimum absolute atomic E-state index is 0.717. The molecule has 2 unspecified atom stereocenters. The number of nitrogens with one attached hydrogen (secondary N) is 1. The molecule has 104 valence electrons. The molecule has 3 heteroatoms. The summed E-state index contributed by atoms with van der Waals surface area (Å²) in [7, 11) is 4.02. The van der Waals surface area contributed by atoms with Crippen molar-refractivity contribution in [2.75, 3.05) is 30.9 Å². The summed E-state index contributed by atoms with van der Waals surface area (Å²) in [5.41, 5.74) is 2.65. The molecule has 1 N–H and O–H groups in total. The predicted octanol–water partition coefficient (Wildman–Crippen LogP) is 3.55. The molecule has 0 amide bonds. The summed E-state index contributed by atoms with van der Waals surface area (Å²) in [5.74, 6) is 2.46. The summed E-state index contributed by atoms with van der Waals surface area (Å²) in [5, 5.41) is 3.51. The van der Waals surface area contributed by atoms with E-state index in [2.05, 4.69) is 42.4 Å².